The van der Waals surface area contributed by atoms with Gasteiger partial charge in [0.15, 0.2) is 0 Å². The van der Waals surface area contributed by atoms with Gasteiger partial charge in [0, 0.05) is 24.0 Å². The Balaban J connectivity index is 1.48. The van der Waals surface area contributed by atoms with Crippen LogP contribution in [-0.4, -0.2) is 34.2 Å². The minimum atomic E-state index is 0.357. The van der Waals surface area contributed by atoms with Crippen molar-refractivity contribution in [2.75, 3.05) is 14.2 Å². The van der Waals surface area contributed by atoms with E-state index in [-0.39, 0.29) is 0 Å². The number of nitrogens with zero attached hydrogens (tertiary/aromatic N) is 2. The van der Waals surface area contributed by atoms with Gasteiger partial charge in [0.05, 0.1) is 36.3 Å². The summed E-state index contributed by atoms with van der Waals surface area (Å²) in [6, 6.07) is 11.9. The van der Waals surface area contributed by atoms with Gasteiger partial charge in [0.2, 0.25) is 0 Å². The number of aromatic nitrogens is 4. The predicted molar refractivity (Wildman–Crippen MR) is 100 cm³/mol. The van der Waals surface area contributed by atoms with Crippen molar-refractivity contribution in [2.45, 2.75) is 24.7 Å². The van der Waals surface area contributed by atoms with Crippen LogP contribution in [0, 0.1) is 0 Å². The summed E-state index contributed by atoms with van der Waals surface area (Å²) in [5, 5.41) is 0. The van der Waals surface area contributed by atoms with Gasteiger partial charge in [-0.2, -0.15) is 0 Å². The standard InChI is InChI=1S/C20H20N4O2/c1-25-11-3-7-15-17(9-11)23-19(21-15)13-5-6-14(13)20-22-16-8-4-12(26-2)10-18(16)24-20/h3-4,7-10,13-14H,5-6H2,1-2H3,(H,21,23)(H,22,24)/t13-,14+. The maximum Gasteiger partial charge on any atom is 0.121 e. The van der Waals surface area contributed by atoms with Crippen LogP contribution in [0.25, 0.3) is 22.1 Å². The largest absolute Gasteiger partial charge is 0.497 e. The van der Waals surface area contributed by atoms with Crippen molar-refractivity contribution in [3.05, 3.63) is 48.0 Å². The van der Waals surface area contributed by atoms with Crippen molar-refractivity contribution in [2.24, 2.45) is 0 Å². The minimum absolute atomic E-state index is 0.357. The third kappa shape index (κ3) is 2.33. The molecule has 2 atom stereocenters. The van der Waals surface area contributed by atoms with Crippen LogP contribution in [0.5, 0.6) is 11.5 Å². The fourth-order valence-corrected chi connectivity index (χ4v) is 3.78. The minimum Gasteiger partial charge on any atom is -0.497 e. The van der Waals surface area contributed by atoms with Gasteiger partial charge in [0.25, 0.3) is 0 Å². The van der Waals surface area contributed by atoms with Crippen molar-refractivity contribution >= 4 is 22.1 Å². The Kier molecular flexibility index (Phi) is 3.38. The van der Waals surface area contributed by atoms with E-state index >= 15 is 0 Å². The Morgan fingerprint density at radius 2 is 1.23 bits per heavy atom. The fraction of sp³-hybridized carbons (Fsp3) is 0.300. The van der Waals surface area contributed by atoms with Crippen LogP contribution >= 0.6 is 0 Å². The quantitative estimate of drug-likeness (QED) is 0.582. The number of fused-ring (bicyclic) bond motifs is 2. The molecule has 2 aromatic carbocycles. The summed E-state index contributed by atoms with van der Waals surface area (Å²) >= 11 is 0. The monoisotopic (exact) mass is 348 g/mol. The molecule has 1 aliphatic rings. The lowest BCUT2D eigenvalue weighted by Crippen LogP contribution is -2.23. The van der Waals surface area contributed by atoms with Gasteiger partial charge in [-0.15, -0.1) is 0 Å². The van der Waals surface area contributed by atoms with Gasteiger partial charge in [-0.1, -0.05) is 0 Å². The molecule has 1 saturated carbocycles. The molecule has 0 spiro atoms. The number of aromatic amines is 2. The van der Waals surface area contributed by atoms with Gasteiger partial charge in [-0.3, -0.25) is 0 Å². The highest BCUT2D eigenvalue weighted by molar-refractivity contribution is 5.78. The van der Waals surface area contributed by atoms with Crippen LogP contribution in [0.15, 0.2) is 36.4 Å². The van der Waals surface area contributed by atoms with Crippen LogP contribution in [0.4, 0.5) is 0 Å². The molecule has 2 N–H and O–H groups in total. The second-order valence-electron chi connectivity index (χ2n) is 6.80. The zero-order chi connectivity index (χ0) is 17.7. The molecule has 0 saturated heterocycles. The maximum absolute atomic E-state index is 5.30. The highest BCUT2D eigenvalue weighted by atomic mass is 16.5. The van der Waals surface area contributed by atoms with E-state index in [2.05, 4.69) is 9.97 Å². The zero-order valence-corrected chi connectivity index (χ0v) is 14.7. The molecule has 6 heteroatoms. The number of hydrogen-bond acceptors (Lipinski definition) is 4. The number of ether oxygens (including phenoxy) is 2. The number of rotatable bonds is 4. The first-order valence-electron chi connectivity index (χ1n) is 8.82. The number of imidazole rings is 2. The lowest BCUT2D eigenvalue weighted by atomic mass is 9.72. The van der Waals surface area contributed by atoms with Crippen molar-refractivity contribution in [1.82, 2.24) is 19.9 Å². The third-order valence-corrected chi connectivity index (χ3v) is 5.39. The SMILES string of the molecule is COc1ccc2nc([C@H]3CC[C@H]3c3nc4ccc(OC)cc4[nH]3)[nH]c2c1. The van der Waals surface area contributed by atoms with E-state index in [1.165, 1.54) is 0 Å². The molecule has 2 heterocycles. The Hall–Kier alpha value is -3.02. The molecule has 0 unspecified atom stereocenters. The Bertz CT molecular complexity index is 1010. The Morgan fingerprint density at radius 1 is 0.769 bits per heavy atom. The first-order chi connectivity index (χ1) is 12.7. The van der Waals surface area contributed by atoms with Crippen molar-refractivity contribution in [1.29, 1.82) is 0 Å². The summed E-state index contributed by atoms with van der Waals surface area (Å²) in [7, 11) is 3.36. The molecule has 26 heavy (non-hydrogen) atoms. The van der Waals surface area contributed by atoms with E-state index in [1.54, 1.807) is 14.2 Å². The van der Waals surface area contributed by atoms with E-state index < -0.39 is 0 Å². The fourth-order valence-electron chi connectivity index (χ4n) is 3.78. The molecule has 1 aliphatic carbocycles. The summed E-state index contributed by atoms with van der Waals surface area (Å²) in [6.45, 7) is 0. The number of nitrogens with one attached hydrogen (secondary N) is 2. The molecular weight excluding hydrogens is 328 g/mol. The lowest BCUT2D eigenvalue weighted by Gasteiger charge is -2.33. The van der Waals surface area contributed by atoms with Gasteiger partial charge < -0.3 is 19.4 Å². The zero-order valence-electron chi connectivity index (χ0n) is 14.7. The first kappa shape index (κ1) is 15.3. The summed E-state index contributed by atoms with van der Waals surface area (Å²) in [5.41, 5.74) is 3.97. The van der Waals surface area contributed by atoms with Crippen LogP contribution < -0.4 is 9.47 Å². The van der Waals surface area contributed by atoms with Crippen molar-refractivity contribution in [3.8, 4) is 11.5 Å². The van der Waals surface area contributed by atoms with Crippen LogP contribution in [0.1, 0.15) is 36.3 Å². The first-order valence-corrected chi connectivity index (χ1v) is 8.82. The smallest absolute Gasteiger partial charge is 0.121 e. The second kappa shape index (κ2) is 5.76. The normalized spacial score (nSPS) is 19.6. The molecule has 2 aromatic heterocycles. The highest BCUT2D eigenvalue weighted by Crippen LogP contribution is 2.48. The maximum atomic E-state index is 5.30. The topological polar surface area (TPSA) is 75.8 Å². The molecule has 6 nitrogen and oxygen atoms in total. The molecule has 5 rings (SSSR count). The average molecular weight is 348 g/mol. The van der Waals surface area contributed by atoms with E-state index in [4.69, 9.17) is 19.4 Å². The van der Waals surface area contributed by atoms with E-state index in [0.717, 1.165) is 58.1 Å². The molecule has 0 aliphatic heterocycles. The second-order valence-corrected chi connectivity index (χ2v) is 6.80. The molecule has 132 valence electrons. The van der Waals surface area contributed by atoms with E-state index in [1.807, 2.05) is 36.4 Å². The summed E-state index contributed by atoms with van der Waals surface area (Å²) in [4.78, 5) is 16.5. The van der Waals surface area contributed by atoms with Gasteiger partial charge in [0.1, 0.15) is 23.1 Å². The highest BCUT2D eigenvalue weighted by Gasteiger charge is 2.37. The summed E-state index contributed by atoms with van der Waals surface area (Å²) in [6.07, 6.45) is 2.23. The Labute approximate surface area is 150 Å². The number of benzene rings is 2. The Morgan fingerprint density at radius 3 is 1.62 bits per heavy atom. The van der Waals surface area contributed by atoms with E-state index in [0.29, 0.717) is 11.8 Å². The molecular formula is C20H20N4O2. The molecule has 4 aromatic rings. The van der Waals surface area contributed by atoms with Crippen LogP contribution in [-0.2, 0) is 0 Å². The van der Waals surface area contributed by atoms with Gasteiger partial charge in [-0.05, 0) is 37.1 Å². The number of hydrogen-bond donors (Lipinski definition) is 2. The lowest BCUT2D eigenvalue weighted by molar-refractivity contribution is 0.323. The number of methoxy groups -OCH3 is 2. The summed E-state index contributed by atoms with van der Waals surface area (Å²) in [5.74, 6) is 4.45. The van der Waals surface area contributed by atoms with E-state index in [9.17, 15) is 0 Å². The number of H-pyrrole nitrogens is 2. The molecule has 1 fully saturated rings. The molecule has 0 amide bonds. The van der Waals surface area contributed by atoms with Gasteiger partial charge >= 0.3 is 0 Å². The molecule has 0 bridgehead atoms. The predicted octanol–water partition coefficient (Wildman–Crippen LogP) is 4.12. The van der Waals surface area contributed by atoms with Crippen LogP contribution in [0.2, 0.25) is 0 Å². The average Bonchev–Trinajstić information content (AvgIpc) is 3.22. The van der Waals surface area contributed by atoms with Crippen LogP contribution in [0.3, 0.4) is 0 Å². The summed E-state index contributed by atoms with van der Waals surface area (Å²) < 4.78 is 10.6. The van der Waals surface area contributed by atoms with Crippen molar-refractivity contribution < 1.29 is 9.47 Å². The third-order valence-electron chi connectivity index (χ3n) is 5.39. The molecule has 0 radical (unpaired) electrons. The van der Waals surface area contributed by atoms with Gasteiger partial charge in [-0.25, -0.2) is 9.97 Å². The van der Waals surface area contributed by atoms with Crippen molar-refractivity contribution in [3.63, 3.8) is 0 Å².